The van der Waals surface area contributed by atoms with Crippen molar-refractivity contribution in [1.29, 1.82) is 0 Å². The highest BCUT2D eigenvalue weighted by Gasteiger charge is 2.31. The molecule has 2 N–H and O–H groups in total. The minimum atomic E-state index is -3.93. The summed E-state index contributed by atoms with van der Waals surface area (Å²) in [6, 6.07) is 7.13. The van der Waals surface area contributed by atoms with Gasteiger partial charge in [-0.05, 0) is 55.3 Å². The minimum Gasteiger partial charge on any atom is -0.346 e. The summed E-state index contributed by atoms with van der Waals surface area (Å²) in [7, 11) is -7.17. The Hall–Kier alpha value is -2.37. The first kappa shape index (κ1) is 22.3. The molecule has 7 nitrogen and oxygen atoms in total. The summed E-state index contributed by atoms with van der Waals surface area (Å²) >= 11 is 0. The van der Waals surface area contributed by atoms with Crippen LogP contribution in [0, 0.1) is 11.6 Å². The first-order valence-corrected chi connectivity index (χ1v) is 12.4. The maximum atomic E-state index is 13.4. The molecule has 11 heteroatoms. The van der Waals surface area contributed by atoms with Gasteiger partial charge in [-0.25, -0.2) is 30.3 Å². The highest BCUT2D eigenvalue weighted by molar-refractivity contribution is 7.92. The van der Waals surface area contributed by atoms with Crippen LogP contribution in [0.5, 0.6) is 0 Å². The van der Waals surface area contributed by atoms with Gasteiger partial charge in [0.1, 0.15) is 0 Å². The molecule has 3 rings (SSSR count). The molecule has 2 unspecified atom stereocenters. The smallest absolute Gasteiger partial charge is 0.251 e. The number of rotatable bonds is 6. The molecule has 162 valence electrons. The number of carbonyl (C=O) groups excluding carboxylic acids is 1. The molecular weight excluding hydrogens is 438 g/mol. The van der Waals surface area contributed by atoms with E-state index in [0.29, 0.717) is 5.56 Å². The molecular formula is C19H20F2N2O5S2. The number of hydrogen-bond acceptors (Lipinski definition) is 5. The lowest BCUT2D eigenvalue weighted by Crippen LogP contribution is -2.35. The number of hydrogen-bond donors (Lipinski definition) is 2. The van der Waals surface area contributed by atoms with E-state index in [-0.39, 0.29) is 28.4 Å². The summed E-state index contributed by atoms with van der Waals surface area (Å²) in [5, 5.41) is 2.63. The van der Waals surface area contributed by atoms with Gasteiger partial charge in [0.2, 0.25) is 10.0 Å². The maximum absolute atomic E-state index is 13.4. The topological polar surface area (TPSA) is 109 Å². The van der Waals surface area contributed by atoms with Crippen LogP contribution in [0.25, 0.3) is 0 Å². The fourth-order valence-corrected chi connectivity index (χ4v) is 6.16. The first-order chi connectivity index (χ1) is 14.0. The second-order valence-electron chi connectivity index (χ2n) is 7.11. The number of nitrogens with one attached hydrogen (secondary N) is 2. The van der Waals surface area contributed by atoms with Crippen molar-refractivity contribution in [3.8, 4) is 0 Å². The number of benzene rings is 2. The van der Waals surface area contributed by atoms with E-state index in [1.54, 1.807) is 6.92 Å². The molecule has 2 aromatic carbocycles. The third-order valence-electron chi connectivity index (χ3n) is 4.77. The van der Waals surface area contributed by atoms with Crippen LogP contribution in [0.3, 0.4) is 0 Å². The van der Waals surface area contributed by atoms with Crippen molar-refractivity contribution in [1.82, 2.24) is 10.0 Å². The lowest BCUT2D eigenvalue weighted by molar-refractivity contribution is 0.0939. The molecule has 2 atom stereocenters. The number of carbonyl (C=O) groups is 1. The first-order valence-electron chi connectivity index (χ1n) is 9.05. The summed E-state index contributed by atoms with van der Waals surface area (Å²) in [6.07, 6.45) is 0.212. The van der Waals surface area contributed by atoms with Gasteiger partial charge in [0.25, 0.3) is 5.91 Å². The molecule has 30 heavy (non-hydrogen) atoms. The van der Waals surface area contributed by atoms with Gasteiger partial charge in [0, 0.05) is 11.6 Å². The van der Waals surface area contributed by atoms with E-state index in [2.05, 4.69) is 10.0 Å². The van der Waals surface area contributed by atoms with Crippen LogP contribution in [0.1, 0.15) is 35.3 Å². The highest BCUT2D eigenvalue weighted by atomic mass is 32.2. The van der Waals surface area contributed by atoms with Gasteiger partial charge in [0.15, 0.2) is 21.5 Å². The van der Waals surface area contributed by atoms with Crippen molar-refractivity contribution >= 4 is 25.8 Å². The molecule has 1 aliphatic heterocycles. The van der Waals surface area contributed by atoms with Crippen LogP contribution in [0.2, 0.25) is 0 Å². The number of sulfone groups is 1. The van der Waals surface area contributed by atoms with Gasteiger partial charge in [-0.1, -0.05) is 6.07 Å². The Morgan fingerprint density at radius 3 is 2.33 bits per heavy atom. The van der Waals surface area contributed by atoms with Crippen LogP contribution in [0.4, 0.5) is 8.78 Å². The van der Waals surface area contributed by atoms with E-state index < -0.39 is 49.5 Å². The van der Waals surface area contributed by atoms with Gasteiger partial charge in [-0.3, -0.25) is 4.79 Å². The van der Waals surface area contributed by atoms with E-state index in [9.17, 15) is 30.4 Å². The van der Waals surface area contributed by atoms with E-state index in [1.165, 1.54) is 30.3 Å². The average molecular weight is 459 g/mol. The molecule has 0 spiro atoms. The van der Waals surface area contributed by atoms with Crippen molar-refractivity contribution in [3.05, 3.63) is 65.2 Å². The Labute approximate surface area is 173 Å². The molecule has 0 aliphatic carbocycles. The van der Waals surface area contributed by atoms with Gasteiger partial charge in [-0.2, -0.15) is 0 Å². The lowest BCUT2D eigenvalue weighted by atomic mass is 10.1. The van der Waals surface area contributed by atoms with Crippen molar-refractivity contribution in [2.75, 3.05) is 11.5 Å². The van der Waals surface area contributed by atoms with Gasteiger partial charge in [0.05, 0.1) is 22.4 Å². The Balaban J connectivity index is 1.67. The summed E-state index contributed by atoms with van der Waals surface area (Å²) in [4.78, 5) is 12.3. The maximum Gasteiger partial charge on any atom is 0.251 e. The zero-order valence-corrected chi connectivity index (χ0v) is 17.6. The molecule has 0 bridgehead atoms. The molecule has 1 saturated heterocycles. The number of halogens is 2. The van der Waals surface area contributed by atoms with Gasteiger partial charge in [-0.15, -0.1) is 0 Å². The van der Waals surface area contributed by atoms with Crippen LogP contribution < -0.4 is 10.0 Å². The second-order valence-corrected chi connectivity index (χ2v) is 11.1. The SMILES string of the molecule is CC(NC(=O)c1ccc(S(=O)(=O)NC2CCS(=O)(=O)C2)cc1)c1ccc(F)c(F)c1. The van der Waals surface area contributed by atoms with E-state index in [1.807, 2.05) is 0 Å². The normalized spacial score (nSPS) is 19.4. The predicted molar refractivity (Wildman–Crippen MR) is 106 cm³/mol. The van der Waals surface area contributed by atoms with Crippen LogP contribution in [-0.4, -0.2) is 40.3 Å². The van der Waals surface area contributed by atoms with E-state index in [0.717, 1.165) is 12.1 Å². The zero-order chi connectivity index (χ0) is 22.1. The summed E-state index contributed by atoms with van der Waals surface area (Å²) < 4.78 is 76.6. The predicted octanol–water partition coefficient (Wildman–Crippen LogP) is 1.92. The van der Waals surface area contributed by atoms with Crippen molar-refractivity contribution in [2.24, 2.45) is 0 Å². The molecule has 1 amide bonds. The van der Waals surface area contributed by atoms with Crippen LogP contribution in [0.15, 0.2) is 47.4 Å². The Bertz CT molecular complexity index is 1170. The second kappa shape index (κ2) is 8.40. The fraction of sp³-hybridized carbons (Fsp3) is 0.316. The Morgan fingerprint density at radius 1 is 1.10 bits per heavy atom. The highest BCUT2D eigenvalue weighted by Crippen LogP contribution is 2.18. The molecule has 1 fully saturated rings. The van der Waals surface area contributed by atoms with Crippen molar-refractivity contribution in [2.45, 2.75) is 30.3 Å². The van der Waals surface area contributed by atoms with Crippen molar-refractivity contribution < 1.29 is 30.4 Å². The van der Waals surface area contributed by atoms with E-state index in [4.69, 9.17) is 0 Å². The van der Waals surface area contributed by atoms with Crippen molar-refractivity contribution in [3.63, 3.8) is 0 Å². The summed E-state index contributed by atoms with van der Waals surface area (Å²) in [5.74, 6) is -2.83. The minimum absolute atomic E-state index is 0.0601. The summed E-state index contributed by atoms with van der Waals surface area (Å²) in [6.45, 7) is 1.60. The lowest BCUT2D eigenvalue weighted by Gasteiger charge is -2.15. The molecule has 0 aromatic heterocycles. The third kappa shape index (κ3) is 5.21. The molecule has 2 aromatic rings. The quantitative estimate of drug-likeness (QED) is 0.688. The molecule has 0 radical (unpaired) electrons. The monoisotopic (exact) mass is 458 g/mol. The van der Waals surface area contributed by atoms with Gasteiger partial charge >= 0.3 is 0 Å². The fourth-order valence-electron chi connectivity index (χ4n) is 3.11. The van der Waals surface area contributed by atoms with E-state index >= 15 is 0 Å². The number of sulfonamides is 1. The number of amides is 1. The largest absolute Gasteiger partial charge is 0.346 e. The Kier molecular flexibility index (Phi) is 6.25. The van der Waals surface area contributed by atoms with Crippen LogP contribution >= 0.6 is 0 Å². The average Bonchev–Trinajstić information content (AvgIpc) is 3.01. The Morgan fingerprint density at radius 2 is 1.77 bits per heavy atom. The molecule has 0 saturated carbocycles. The van der Waals surface area contributed by atoms with Gasteiger partial charge < -0.3 is 5.32 Å². The van der Waals surface area contributed by atoms with Crippen LogP contribution in [-0.2, 0) is 19.9 Å². The zero-order valence-electron chi connectivity index (χ0n) is 15.9. The standard InChI is InChI=1S/C19H20F2N2O5S2/c1-12(14-4-7-17(20)18(21)10-14)22-19(24)13-2-5-16(6-3-13)30(27,28)23-15-8-9-29(25,26)11-15/h2-7,10,12,15,23H,8-9,11H2,1H3,(H,22,24). The third-order valence-corrected chi connectivity index (χ3v) is 8.08. The molecule has 1 heterocycles. The molecule has 1 aliphatic rings. The summed E-state index contributed by atoms with van der Waals surface area (Å²) in [5.41, 5.74) is 0.545.